The van der Waals surface area contributed by atoms with Crippen LogP contribution >= 0.6 is 0 Å². The molecule has 5 aromatic rings. The quantitative estimate of drug-likeness (QED) is 0.0212. The number of aliphatic imine (C=N–C) groups is 1. The zero-order valence-electron chi connectivity index (χ0n) is 39.7. The predicted molar refractivity (Wildman–Crippen MR) is 262 cm³/mol. The molecule has 0 spiro atoms. The minimum atomic E-state index is -1.33. The summed E-state index contributed by atoms with van der Waals surface area (Å²) in [5, 5.41) is 18.3. The number of carbonyl (C=O) groups excluding carboxylic acids is 7. The van der Waals surface area contributed by atoms with Gasteiger partial charge in [0.25, 0.3) is 0 Å². The molecule has 2 aromatic carbocycles. The molecule has 0 aliphatic carbocycles. The first-order valence-corrected chi connectivity index (χ1v) is 23.1. The van der Waals surface area contributed by atoms with Crippen LogP contribution in [0.3, 0.4) is 0 Å². The molecule has 5 rings (SSSR count). The van der Waals surface area contributed by atoms with E-state index in [0.29, 0.717) is 17.7 Å². The topological polar surface area (TPSA) is 342 Å². The van der Waals surface area contributed by atoms with Crippen LogP contribution in [-0.2, 0) is 52.8 Å². The summed E-state index contributed by atoms with van der Waals surface area (Å²) >= 11 is 0. The van der Waals surface area contributed by atoms with E-state index in [1.165, 1.54) is 19.4 Å². The number of imidazole rings is 1. The molecule has 0 aliphatic rings. The van der Waals surface area contributed by atoms with Crippen LogP contribution in [0, 0.1) is 11.8 Å². The molecule has 0 saturated carbocycles. The highest BCUT2D eigenvalue weighted by molar-refractivity contribution is 5.98. The smallest absolute Gasteiger partial charge is 0.243 e. The van der Waals surface area contributed by atoms with Gasteiger partial charge in [0.1, 0.15) is 36.3 Å². The number of amides is 7. The monoisotopic (exact) mass is 951 g/mol. The van der Waals surface area contributed by atoms with E-state index in [-0.39, 0.29) is 62.9 Å². The van der Waals surface area contributed by atoms with Gasteiger partial charge in [-0.25, -0.2) is 4.98 Å². The number of guanidine groups is 1. The number of para-hydroxylation sites is 2. The highest BCUT2D eigenvalue weighted by Crippen LogP contribution is 2.21. The predicted octanol–water partition coefficient (Wildman–Crippen LogP) is 0.960. The molecule has 15 N–H and O–H groups in total. The van der Waals surface area contributed by atoms with E-state index in [0.717, 1.165) is 27.4 Å². The Morgan fingerprint density at radius 2 is 1.14 bits per heavy atom. The van der Waals surface area contributed by atoms with E-state index in [1.54, 1.807) is 12.4 Å². The molecule has 0 fully saturated rings. The highest BCUT2D eigenvalue weighted by atomic mass is 16.2. The standard InChI is InChI=1S/C48H66N14O7/c1-6-27(4)41(57-28(5)63)47(69)62-39(20-30-23-55-35-15-10-8-13-33(30)35)45(67)58-36(16-11-17-53-48(50)51)43(65)61-40(21-31-24-52-25-56-31)46(68)60-38(18-26(2)3)44(66)59-37(42(49)64)19-29-22-54-34-14-9-7-12-32(29)34/h7-10,12-15,22-27,36-41,54-55H,6,11,16-21H2,1-5H3,(H2,49,64)(H,52,56)(H,57,63)(H,58,67)(H,59,66)(H,60,68)(H,61,65)(H,62,69)(H4,50,51,53)/t27-,36+,37+,38+,39+,40+,41+/m0/s1. The second kappa shape index (κ2) is 24.9. The molecule has 0 bridgehead atoms. The van der Waals surface area contributed by atoms with Gasteiger partial charge in [0.2, 0.25) is 41.4 Å². The number of rotatable bonds is 26. The summed E-state index contributed by atoms with van der Waals surface area (Å²) in [4.78, 5) is 114. The number of aromatic amines is 3. The third-order valence-electron chi connectivity index (χ3n) is 11.9. The Labute approximate surface area is 400 Å². The molecule has 0 radical (unpaired) electrons. The van der Waals surface area contributed by atoms with Gasteiger partial charge in [-0.15, -0.1) is 0 Å². The molecule has 21 nitrogen and oxygen atoms in total. The molecule has 0 aliphatic heterocycles. The molecule has 370 valence electrons. The number of carbonyl (C=O) groups is 7. The second-order valence-corrected chi connectivity index (χ2v) is 17.8. The van der Waals surface area contributed by atoms with Gasteiger partial charge in [-0.1, -0.05) is 70.5 Å². The third-order valence-corrected chi connectivity index (χ3v) is 11.9. The molecule has 3 heterocycles. The Kier molecular flexibility index (Phi) is 18.8. The lowest BCUT2D eigenvalue weighted by Crippen LogP contribution is -2.60. The fourth-order valence-corrected chi connectivity index (χ4v) is 8.05. The van der Waals surface area contributed by atoms with Crippen molar-refractivity contribution in [3.8, 4) is 0 Å². The Bertz CT molecular complexity index is 2580. The molecular weight excluding hydrogens is 885 g/mol. The Morgan fingerprint density at radius 3 is 1.68 bits per heavy atom. The van der Waals surface area contributed by atoms with Crippen molar-refractivity contribution in [1.29, 1.82) is 0 Å². The number of fused-ring (bicyclic) bond motifs is 2. The number of primary amides is 1. The van der Waals surface area contributed by atoms with Crippen molar-refractivity contribution in [2.75, 3.05) is 6.54 Å². The average Bonchev–Trinajstić information content (AvgIpc) is 4.08. The van der Waals surface area contributed by atoms with Gasteiger partial charge in [0, 0.05) is 78.8 Å². The number of nitrogens with one attached hydrogen (secondary N) is 9. The van der Waals surface area contributed by atoms with Crippen LogP contribution in [0.25, 0.3) is 21.8 Å². The molecule has 0 saturated heterocycles. The zero-order chi connectivity index (χ0) is 50.2. The molecule has 69 heavy (non-hydrogen) atoms. The maximum atomic E-state index is 14.5. The SMILES string of the molecule is CC[C@H](C)[C@@H](NC(C)=O)C(=O)N[C@H](Cc1c[nH]c2ccccc12)C(=O)N[C@H](CCCN=C(N)N)C(=O)N[C@H](Cc1cnc[nH]1)C(=O)N[C@H](CC(C)C)C(=O)N[C@H](Cc1c[nH]c2ccccc12)C(N)=O. The lowest BCUT2D eigenvalue weighted by molar-refractivity contribution is -0.135. The van der Waals surface area contributed by atoms with Gasteiger partial charge in [-0.2, -0.15) is 0 Å². The normalized spacial score (nSPS) is 14.3. The molecule has 21 heteroatoms. The van der Waals surface area contributed by atoms with Crippen LogP contribution in [0.15, 0.2) is 78.4 Å². The largest absolute Gasteiger partial charge is 0.370 e. The van der Waals surface area contributed by atoms with E-state index < -0.39 is 77.6 Å². The first-order valence-electron chi connectivity index (χ1n) is 23.1. The average molecular weight is 951 g/mol. The number of nitrogens with zero attached hydrogens (tertiary/aromatic N) is 2. The number of nitrogens with two attached hydrogens (primary N) is 3. The van der Waals surface area contributed by atoms with Gasteiger partial charge in [-0.3, -0.25) is 38.6 Å². The maximum Gasteiger partial charge on any atom is 0.243 e. The minimum Gasteiger partial charge on any atom is -0.370 e. The molecular formula is C48H66N14O7. The van der Waals surface area contributed by atoms with E-state index in [9.17, 15) is 33.6 Å². The van der Waals surface area contributed by atoms with E-state index in [2.05, 4.69) is 56.8 Å². The first kappa shape index (κ1) is 52.3. The summed E-state index contributed by atoms with van der Waals surface area (Å²) in [5.41, 5.74) is 20.5. The Balaban J connectivity index is 1.41. The summed E-state index contributed by atoms with van der Waals surface area (Å²) < 4.78 is 0. The van der Waals surface area contributed by atoms with Crippen LogP contribution in [0.4, 0.5) is 0 Å². The number of aromatic nitrogens is 4. The fraction of sp³-hybridized carbons (Fsp3) is 0.438. The van der Waals surface area contributed by atoms with Crippen LogP contribution < -0.4 is 49.1 Å². The second-order valence-electron chi connectivity index (χ2n) is 17.8. The summed E-state index contributed by atoms with van der Waals surface area (Å²) in [6, 6.07) is 7.82. The summed E-state index contributed by atoms with van der Waals surface area (Å²) in [7, 11) is 0. The number of hydrogen-bond acceptors (Lipinski definition) is 9. The Hall–Kier alpha value is -7.71. The maximum absolute atomic E-state index is 14.5. The molecule has 7 amide bonds. The zero-order valence-corrected chi connectivity index (χ0v) is 39.7. The van der Waals surface area contributed by atoms with Crippen molar-refractivity contribution < 1.29 is 33.6 Å². The van der Waals surface area contributed by atoms with Gasteiger partial charge in [0.05, 0.1) is 6.33 Å². The van der Waals surface area contributed by atoms with E-state index in [4.69, 9.17) is 17.2 Å². The number of benzene rings is 2. The van der Waals surface area contributed by atoms with Gasteiger partial charge in [0.15, 0.2) is 5.96 Å². The first-order chi connectivity index (χ1) is 32.9. The van der Waals surface area contributed by atoms with Gasteiger partial charge in [-0.05, 0) is 54.4 Å². The number of H-pyrrole nitrogens is 3. The van der Waals surface area contributed by atoms with Crippen molar-refractivity contribution in [3.63, 3.8) is 0 Å². The lowest BCUT2D eigenvalue weighted by atomic mass is 9.97. The van der Waals surface area contributed by atoms with Crippen LogP contribution in [0.5, 0.6) is 0 Å². The van der Waals surface area contributed by atoms with Crippen molar-refractivity contribution in [2.24, 2.45) is 34.0 Å². The fourth-order valence-electron chi connectivity index (χ4n) is 8.05. The van der Waals surface area contributed by atoms with Crippen LogP contribution in [0.2, 0.25) is 0 Å². The van der Waals surface area contributed by atoms with Crippen LogP contribution in [-0.4, -0.2) is 110 Å². The summed E-state index contributed by atoms with van der Waals surface area (Å²) in [5.74, 6) is -5.25. The third kappa shape index (κ3) is 15.1. The molecule has 3 aromatic heterocycles. The van der Waals surface area contributed by atoms with Crippen molar-refractivity contribution in [2.45, 2.75) is 116 Å². The van der Waals surface area contributed by atoms with Crippen LogP contribution in [0.1, 0.15) is 77.1 Å². The lowest BCUT2D eigenvalue weighted by Gasteiger charge is -2.28. The summed E-state index contributed by atoms with van der Waals surface area (Å²) in [6.07, 6.45) is 7.26. The van der Waals surface area contributed by atoms with Gasteiger partial charge < -0.3 is 64.1 Å². The summed E-state index contributed by atoms with van der Waals surface area (Å²) in [6.45, 7) is 8.81. The van der Waals surface area contributed by atoms with Gasteiger partial charge >= 0.3 is 0 Å². The minimum absolute atomic E-state index is 0.000224. The van der Waals surface area contributed by atoms with E-state index in [1.807, 2.05) is 76.2 Å². The molecule has 7 atom stereocenters. The highest BCUT2D eigenvalue weighted by Gasteiger charge is 2.35. The molecule has 0 unspecified atom stereocenters. The number of hydrogen-bond donors (Lipinski definition) is 12. The van der Waals surface area contributed by atoms with Crippen molar-refractivity contribution >= 4 is 69.1 Å². The van der Waals surface area contributed by atoms with Crippen molar-refractivity contribution in [3.05, 3.63) is 90.3 Å². The van der Waals surface area contributed by atoms with Crippen molar-refractivity contribution in [1.82, 2.24) is 51.8 Å². The van der Waals surface area contributed by atoms with E-state index >= 15 is 0 Å². The Morgan fingerprint density at radius 1 is 0.638 bits per heavy atom.